The number of amides is 2. The molecule has 0 aliphatic heterocycles. The minimum Gasteiger partial charge on any atom is -0.492 e. The van der Waals surface area contributed by atoms with Crippen LogP contribution < -0.4 is 15.4 Å². The van der Waals surface area contributed by atoms with Crippen LogP contribution in [-0.2, 0) is 14.3 Å². The molecule has 0 fully saturated rings. The summed E-state index contributed by atoms with van der Waals surface area (Å²) in [5, 5.41) is 5.38. The van der Waals surface area contributed by atoms with Crippen molar-refractivity contribution >= 4 is 40.9 Å². The molecule has 35 heavy (non-hydrogen) atoms. The van der Waals surface area contributed by atoms with Crippen molar-refractivity contribution in [3.05, 3.63) is 84.2 Å². The van der Waals surface area contributed by atoms with Crippen LogP contribution >= 0.6 is 11.8 Å². The average Bonchev–Trinajstić information content (AvgIpc) is 2.85. The second-order valence-corrected chi connectivity index (χ2v) is 8.32. The number of carbonyl (C=O) groups excluding carboxylic acids is 3. The van der Waals surface area contributed by atoms with Gasteiger partial charge in [-0.25, -0.2) is 9.18 Å². The number of para-hydroxylation sites is 2. The SMILES string of the molecule is CCOc1ccccc1NC(=O)C(C)OC(=O)c1ccccc1SCC(=O)Nc1ccc(F)cc1. The van der Waals surface area contributed by atoms with Gasteiger partial charge in [0, 0.05) is 10.6 Å². The number of nitrogens with one attached hydrogen (secondary N) is 2. The lowest BCUT2D eigenvalue weighted by atomic mass is 10.2. The van der Waals surface area contributed by atoms with Gasteiger partial charge in [0.25, 0.3) is 5.91 Å². The van der Waals surface area contributed by atoms with E-state index in [4.69, 9.17) is 9.47 Å². The van der Waals surface area contributed by atoms with E-state index in [0.717, 1.165) is 11.8 Å². The number of benzene rings is 3. The van der Waals surface area contributed by atoms with Gasteiger partial charge in [0.1, 0.15) is 11.6 Å². The van der Waals surface area contributed by atoms with Gasteiger partial charge in [-0.15, -0.1) is 11.8 Å². The van der Waals surface area contributed by atoms with E-state index < -0.39 is 23.8 Å². The Bertz CT molecular complexity index is 1190. The summed E-state index contributed by atoms with van der Waals surface area (Å²) in [5.41, 5.74) is 1.18. The molecule has 0 saturated carbocycles. The quantitative estimate of drug-likeness (QED) is 0.298. The number of carbonyl (C=O) groups is 3. The Morgan fingerprint density at radius 1 is 0.943 bits per heavy atom. The highest BCUT2D eigenvalue weighted by Gasteiger charge is 2.22. The van der Waals surface area contributed by atoms with Crippen LogP contribution in [0.3, 0.4) is 0 Å². The molecule has 0 radical (unpaired) electrons. The molecular formula is C26H25FN2O5S. The molecule has 7 nitrogen and oxygen atoms in total. The van der Waals surface area contributed by atoms with E-state index in [1.54, 1.807) is 48.5 Å². The van der Waals surface area contributed by atoms with Crippen LogP contribution in [0.1, 0.15) is 24.2 Å². The fourth-order valence-electron chi connectivity index (χ4n) is 3.00. The van der Waals surface area contributed by atoms with Gasteiger partial charge < -0.3 is 20.1 Å². The highest BCUT2D eigenvalue weighted by molar-refractivity contribution is 8.00. The van der Waals surface area contributed by atoms with Crippen molar-refractivity contribution in [2.75, 3.05) is 23.0 Å². The molecule has 1 unspecified atom stereocenters. The van der Waals surface area contributed by atoms with Crippen LogP contribution in [0.4, 0.5) is 15.8 Å². The number of hydrogen-bond donors (Lipinski definition) is 2. The molecular weight excluding hydrogens is 471 g/mol. The largest absolute Gasteiger partial charge is 0.492 e. The van der Waals surface area contributed by atoms with Crippen LogP contribution in [0.25, 0.3) is 0 Å². The number of halogens is 1. The number of hydrogen-bond acceptors (Lipinski definition) is 6. The molecule has 3 aromatic rings. The van der Waals surface area contributed by atoms with E-state index in [1.165, 1.54) is 31.2 Å². The first-order valence-electron chi connectivity index (χ1n) is 10.9. The van der Waals surface area contributed by atoms with E-state index >= 15 is 0 Å². The first kappa shape index (κ1) is 25.8. The molecule has 2 N–H and O–H groups in total. The Morgan fingerprint density at radius 2 is 1.63 bits per heavy atom. The molecule has 0 aliphatic carbocycles. The lowest BCUT2D eigenvalue weighted by Crippen LogP contribution is -2.30. The highest BCUT2D eigenvalue weighted by atomic mass is 32.2. The van der Waals surface area contributed by atoms with Gasteiger partial charge in [-0.2, -0.15) is 0 Å². The minimum absolute atomic E-state index is 0.0198. The Labute approximate surface area is 207 Å². The van der Waals surface area contributed by atoms with E-state index in [1.807, 2.05) is 6.92 Å². The fourth-order valence-corrected chi connectivity index (χ4v) is 3.84. The smallest absolute Gasteiger partial charge is 0.340 e. The summed E-state index contributed by atoms with van der Waals surface area (Å²) in [6, 6.07) is 19.1. The maximum atomic E-state index is 13.0. The first-order valence-corrected chi connectivity index (χ1v) is 11.9. The van der Waals surface area contributed by atoms with Crippen molar-refractivity contribution in [2.24, 2.45) is 0 Å². The summed E-state index contributed by atoms with van der Waals surface area (Å²) in [6.45, 7) is 3.75. The third kappa shape index (κ3) is 7.58. The van der Waals surface area contributed by atoms with Crippen molar-refractivity contribution < 1.29 is 28.2 Å². The van der Waals surface area contributed by atoms with Gasteiger partial charge in [0.2, 0.25) is 5.91 Å². The Balaban J connectivity index is 1.59. The van der Waals surface area contributed by atoms with Crippen LogP contribution in [0.15, 0.2) is 77.7 Å². The zero-order valence-corrected chi connectivity index (χ0v) is 20.1. The summed E-state index contributed by atoms with van der Waals surface area (Å²) < 4.78 is 23.9. The summed E-state index contributed by atoms with van der Waals surface area (Å²) in [6.07, 6.45) is -1.07. The molecule has 1 atom stereocenters. The van der Waals surface area contributed by atoms with E-state index in [9.17, 15) is 18.8 Å². The van der Waals surface area contributed by atoms with Crippen molar-refractivity contribution in [1.82, 2.24) is 0 Å². The summed E-state index contributed by atoms with van der Waals surface area (Å²) in [4.78, 5) is 38.2. The normalized spacial score (nSPS) is 11.3. The maximum absolute atomic E-state index is 13.0. The molecule has 0 spiro atoms. The van der Waals surface area contributed by atoms with Crippen molar-refractivity contribution in [3.63, 3.8) is 0 Å². The molecule has 3 rings (SSSR count). The summed E-state index contributed by atoms with van der Waals surface area (Å²) in [7, 11) is 0. The van der Waals surface area contributed by atoms with Crippen molar-refractivity contribution in [1.29, 1.82) is 0 Å². The zero-order valence-electron chi connectivity index (χ0n) is 19.2. The van der Waals surface area contributed by atoms with Crippen molar-refractivity contribution in [3.8, 4) is 5.75 Å². The molecule has 182 valence electrons. The average molecular weight is 497 g/mol. The Morgan fingerprint density at radius 3 is 2.37 bits per heavy atom. The molecule has 0 bridgehead atoms. The van der Waals surface area contributed by atoms with Gasteiger partial charge in [0.15, 0.2) is 6.10 Å². The van der Waals surface area contributed by atoms with Gasteiger partial charge in [-0.3, -0.25) is 9.59 Å². The predicted octanol–water partition coefficient (Wildman–Crippen LogP) is 5.14. The van der Waals surface area contributed by atoms with Crippen LogP contribution in [0, 0.1) is 5.82 Å². The third-order valence-electron chi connectivity index (χ3n) is 4.69. The number of esters is 1. The van der Waals surface area contributed by atoms with E-state index in [0.29, 0.717) is 28.6 Å². The number of thioether (sulfide) groups is 1. The summed E-state index contributed by atoms with van der Waals surface area (Å²) >= 11 is 1.15. The summed E-state index contributed by atoms with van der Waals surface area (Å²) in [5.74, 6) is -1.37. The van der Waals surface area contributed by atoms with E-state index in [2.05, 4.69) is 10.6 Å². The zero-order chi connectivity index (χ0) is 25.2. The fraction of sp³-hybridized carbons (Fsp3) is 0.192. The molecule has 2 amide bonds. The van der Waals surface area contributed by atoms with Crippen LogP contribution in [-0.4, -0.2) is 36.2 Å². The number of ether oxygens (including phenoxy) is 2. The molecule has 0 saturated heterocycles. The molecule has 3 aromatic carbocycles. The standard InChI is InChI=1S/C26H25FN2O5S/c1-3-33-22-10-6-5-9-21(22)29-25(31)17(2)34-26(32)20-8-4-7-11-23(20)35-16-24(30)28-19-14-12-18(27)13-15-19/h4-15,17H,3,16H2,1-2H3,(H,28,30)(H,29,31). The molecule has 0 heterocycles. The molecule has 0 aliphatic rings. The van der Waals surface area contributed by atoms with Crippen LogP contribution in [0.5, 0.6) is 5.75 Å². The lowest BCUT2D eigenvalue weighted by Gasteiger charge is -2.16. The highest BCUT2D eigenvalue weighted by Crippen LogP contribution is 2.26. The maximum Gasteiger partial charge on any atom is 0.340 e. The second kappa shape index (κ2) is 12.6. The lowest BCUT2D eigenvalue weighted by molar-refractivity contribution is -0.123. The Hall–Kier alpha value is -3.85. The number of anilines is 2. The molecule has 9 heteroatoms. The minimum atomic E-state index is -1.07. The van der Waals surface area contributed by atoms with Gasteiger partial charge in [-0.1, -0.05) is 24.3 Å². The van der Waals surface area contributed by atoms with Gasteiger partial charge in [-0.05, 0) is 62.4 Å². The van der Waals surface area contributed by atoms with E-state index in [-0.39, 0.29) is 17.2 Å². The van der Waals surface area contributed by atoms with Crippen molar-refractivity contribution in [2.45, 2.75) is 24.8 Å². The predicted molar refractivity (Wildman–Crippen MR) is 133 cm³/mol. The molecule has 0 aromatic heterocycles. The first-order chi connectivity index (χ1) is 16.9. The van der Waals surface area contributed by atoms with Gasteiger partial charge >= 0.3 is 5.97 Å². The van der Waals surface area contributed by atoms with Crippen LogP contribution in [0.2, 0.25) is 0 Å². The second-order valence-electron chi connectivity index (χ2n) is 7.31. The topological polar surface area (TPSA) is 93.7 Å². The van der Waals surface area contributed by atoms with Gasteiger partial charge in [0.05, 0.1) is 23.6 Å². The number of rotatable bonds is 10. The monoisotopic (exact) mass is 496 g/mol. The third-order valence-corrected chi connectivity index (χ3v) is 5.77. The Kier molecular flexibility index (Phi) is 9.25.